The van der Waals surface area contributed by atoms with Gasteiger partial charge in [-0.05, 0) is 42.7 Å². The van der Waals surface area contributed by atoms with Crippen molar-refractivity contribution in [2.75, 3.05) is 26.9 Å². The quantitative estimate of drug-likeness (QED) is 0.668. The summed E-state index contributed by atoms with van der Waals surface area (Å²) in [6, 6.07) is 15.6. The summed E-state index contributed by atoms with van der Waals surface area (Å²) >= 11 is 0. The molecule has 3 aromatic rings. The Morgan fingerprint density at radius 3 is 2.48 bits per heavy atom. The summed E-state index contributed by atoms with van der Waals surface area (Å²) in [5, 5.41) is 8.73. The summed E-state index contributed by atoms with van der Waals surface area (Å²) < 4.78 is 28.9. The van der Waals surface area contributed by atoms with Crippen molar-refractivity contribution in [2.45, 2.75) is 24.4 Å². The number of hydrogen-bond acceptors (Lipinski definition) is 7. The number of rotatable bonds is 4. The van der Waals surface area contributed by atoms with Gasteiger partial charge in [-0.1, -0.05) is 24.3 Å². The molecule has 7 heteroatoms. The monoisotopic (exact) mass is 394 g/mol. The molecule has 1 saturated heterocycles. The summed E-state index contributed by atoms with van der Waals surface area (Å²) in [5.74, 6) is 3.23. The van der Waals surface area contributed by atoms with Gasteiger partial charge in [-0.25, -0.2) is 0 Å². The van der Waals surface area contributed by atoms with Crippen LogP contribution in [0.2, 0.25) is 0 Å². The smallest absolute Gasteiger partial charge is 0.260 e. The number of ether oxygens (including phenoxy) is 4. The largest absolute Gasteiger partial charge is 0.497 e. The number of fused-ring (bicyclic) bond motifs is 1. The van der Waals surface area contributed by atoms with E-state index >= 15 is 0 Å². The number of hydrogen-bond donors (Lipinski definition) is 0. The third-order valence-corrected chi connectivity index (χ3v) is 5.62. The van der Waals surface area contributed by atoms with Crippen LogP contribution in [0.15, 0.2) is 52.9 Å². The van der Waals surface area contributed by atoms with Gasteiger partial charge in [0.05, 0.1) is 12.5 Å². The average molecular weight is 394 g/mol. The fraction of sp³-hybridized carbons (Fsp3) is 0.364. The van der Waals surface area contributed by atoms with Crippen molar-refractivity contribution in [2.24, 2.45) is 0 Å². The standard InChI is InChI=1S/C22H22N2O5/c1-25-16-8-6-15(7-9-16)22(10-12-26-13-11-22)21-24-23-20(29-21)19-14-27-17-4-2-3-5-18(17)28-19/h2-9,19H,10-14H2,1H3. The first-order valence-electron chi connectivity index (χ1n) is 9.73. The molecule has 2 aliphatic rings. The molecule has 2 aliphatic heterocycles. The highest BCUT2D eigenvalue weighted by Gasteiger charge is 2.42. The van der Waals surface area contributed by atoms with Crippen molar-refractivity contribution in [1.82, 2.24) is 10.2 Å². The summed E-state index contributed by atoms with van der Waals surface area (Å²) in [7, 11) is 1.66. The van der Waals surface area contributed by atoms with E-state index in [0.717, 1.165) is 29.9 Å². The topological polar surface area (TPSA) is 75.8 Å². The first-order chi connectivity index (χ1) is 14.3. The molecule has 5 rings (SSSR count). The summed E-state index contributed by atoms with van der Waals surface area (Å²) in [6.45, 7) is 1.61. The molecule has 0 saturated carbocycles. The van der Waals surface area contributed by atoms with E-state index in [1.54, 1.807) is 7.11 Å². The van der Waals surface area contributed by atoms with E-state index in [1.807, 2.05) is 36.4 Å². The maximum atomic E-state index is 6.18. The highest BCUT2D eigenvalue weighted by molar-refractivity contribution is 5.41. The molecule has 0 bridgehead atoms. The third kappa shape index (κ3) is 3.21. The van der Waals surface area contributed by atoms with Crippen molar-refractivity contribution < 1.29 is 23.4 Å². The van der Waals surface area contributed by atoms with E-state index in [9.17, 15) is 0 Å². The average Bonchev–Trinajstić information content (AvgIpc) is 3.30. The Morgan fingerprint density at radius 2 is 1.72 bits per heavy atom. The second-order valence-electron chi connectivity index (χ2n) is 7.23. The second-order valence-corrected chi connectivity index (χ2v) is 7.23. The van der Waals surface area contributed by atoms with Gasteiger partial charge in [0.15, 0.2) is 11.5 Å². The zero-order chi connectivity index (χ0) is 19.7. The molecule has 0 N–H and O–H groups in total. The van der Waals surface area contributed by atoms with Gasteiger partial charge in [-0.15, -0.1) is 10.2 Å². The summed E-state index contributed by atoms with van der Waals surface area (Å²) in [6.07, 6.45) is 1.11. The number of methoxy groups -OCH3 is 1. The van der Waals surface area contributed by atoms with Gasteiger partial charge in [-0.2, -0.15) is 0 Å². The predicted molar refractivity (Wildman–Crippen MR) is 103 cm³/mol. The number of nitrogens with zero attached hydrogens (tertiary/aromatic N) is 2. The van der Waals surface area contributed by atoms with Crippen molar-refractivity contribution in [1.29, 1.82) is 0 Å². The maximum absolute atomic E-state index is 6.18. The fourth-order valence-electron chi connectivity index (χ4n) is 3.96. The second kappa shape index (κ2) is 7.40. The van der Waals surface area contributed by atoms with Crippen LogP contribution in [0.4, 0.5) is 0 Å². The number of para-hydroxylation sites is 2. The molecule has 1 atom stereocenters. The van der Waals surface area contributed by atoms with Crippen molar-refractivity contribution in [3.63, 3.8) is 0 Å². The molecule has 1 aromatic heterocycles. The van der Waals surface area contributed by atoms with Crippen LogP contribution in [0.1, 0.15) is 36.3 Å². The minimum absolute atomic E-state index is 0.331. The minimum atomic E-state index is -0.432. The van der Waals surface area contributed by atoms with Crippen LogP contribution in [0.3, 0.4) is 0 Å². The molecule has 150 valence electrons. The first kappa shape index (κ1) is 18.0. The Balaban J connectivity index is 1.46. The molecular weight excluding hydrogens is 372 g/mol. The fourth-order valence-corrected chi connectivity index (χ4v) is 3.96. The Morgan fingerprint density at radius 1 is 0.966 bits per heavy atom. The zero-order valence-corrected chi connectivity index (χ0v) is 16.2. The molecule has 1 fully saturated rings. The van der Waals surface area contributed by atoms with Gasteiger partial charge >= 0.3 is 0 Å². The van der Waals surface area contributed by atoms with E-state index in [1.165, 1.54) is 0 Å². The number of benzene rings is 2. The molecule has 1 unspecified atom stereocenters. The van der Waals surface area contributed by atoms with Gasteiger partial charge < -0.3 is 23.4 Å². The van der Waals surface area contributed by atoms with Gasteiger partial charge in [0.1, 0.15) is 12.4 Å². The van der Waals surface area contributed by atoms with Crippen LogP contribution in [-0.2, 0) is 10.2 Å². The highest BCUT2D eigenvalue weighted by Crippen LogP contribution is 2.42. The molecule has 3 heterocycles. The van der Waals surface area contributed by atoms with Crippen molar-refractivity contribution >= 4 is 0 Å². The van der Waals surface area contributed by atoms with E-state index in [0.29, 0.717) is 37.4 Å². The van der Waals surface area contributed by atoms with Crippen LogP contribution in [0, 0.1) is 0 Å². The van der Waals surface area contributed by atoms with Crippen molar-refractivity contribution in [3.8, 4) is 17.2 Å². The number of aromatic nitrogens is 2. The molecule has 29 heavy (non-hydrogen) atoms. The van der Waals surface area contributed by atoms with E-state index in [-0.39, 0.29) is 5.41 Å². The van der Waals surface area contributed by atoms with Gasteiger partial charge in [-0.3, -0.25) is 0 Å². The third-order valence-electron chi connectivity index (χ3n) is 5.62. The highest BCUT2D eigenvalue weighted by atomic mass is 16.6. The summed E-state index contributed by atoms with van der Waals surface area (Å²) in [5.41, 5.74) is 0.728. The van der Waals surface area contributed by atoms with Crippen LogP contribution in [-0.4, -0.2) is 37.1 Å². The molecular formula is C22H22N2O5. The lowest BCUT2D eigenvalue weighted by Crippen LogP contribution is -2.35. The molecule has 2 aromatic carbocycles. The normalized spacial score (nSPS) is 20.2. The molecule has 0 aliphatic carbocycles. The Hall–Kier alpha value is -3.06. The first-order valence-corrected chi connectivity index (χ1v) is 9.73. The molecule has 0 radical (unpaired) electrons. The Bertz CT molecular complexity index is 979. The van der Waals surface area contributed by atoms with Gasteiger partial charge in [0, 0.05) is 13.2 Å². The minimum Gasteiger partial charge on any atom is -0.497 e. The van der Waals surface area contributed by atoms with Crippen LogP contribution >= 0.6 is 0 Å². The molecule has 7 nitrogen and oxygen atoms in total. The Labute approximate surface area is 168 Å². The zero-order valence-electron chi connectivity index (χ0n) is 16.2. The molecule has 0 spiro atoms. The van der Waals surface area contributed by atoms with E-state index in [4.69, 9.17) is 23.4 Å². The lowest BCUT2D eigenvalue weighted by molar-refractivity contribution is 0.0481. The van der Waals surface area contributed by atoms with E-state index < -0.39 is 6.10 Å². The maximum Gasteiger partial charge on any atom is 0.260 e. The van der Waals surface area contributed by atoms with Crippen LogP contribution in [0.5, 0.6) is 17.2 Å². The Kier molecular flexibility index (Phi) is 4.60. The lowest BCUT2D eigenvalue weighted by Gasteiger charge is -2.34. The lowest BCUT2D eigenvalue weighted by atomic mass is 9.74. The van der Waals surface area contributed by atoms with Crippen molar-refractivity contribution in [3.05, 3.63) is 65.9 Å². The summed E-state index contributed by atoms with van der Waals surface area (Å²) in [4.78, 5) is 0. The van der Waals surface area contributed by atoms with Gasteiger partial charge in [0.2, 0.25) is 12.0 Å². The van der Waals surface area contributed by atoms with Gasteiger partial charge in [0.25, 0.3) is 5.89 Å². The molecule has 0 amide bonds. The SMILES string of the molecule is COc1ccc(C2(c3nnc(C4COc5ccccc5O4)o3)CCOCC2)cc1. The van der Waals surface area contributed by atoms with E-state index in [2.05, 4.69) is 22.3 Å². The predicted octanol–water partition coefficient (Wildman–Crippen LogP) is 3.69. The van der Waals surface area contributed by atoms with Crippen LogP contribution in [0.25, 0.3) is 0 Å². The van der Waals surface area contributed by atoms with Crippen LogP contribution < -0.4 is 14.2 Å².